The maximum atomic E-state index is 4.76. The van der Waals surface area contributed by atoms with Crippen molar-refractivity contribution < 1.29 is 13.1 Å². The average molecular weight is 453 g/mol. The molecule has 0 saturated heterocycles. The van der Waals surface area contributed by atoms with E-state index in [9.17, 15) is 0 Å². The van der Waals surface area contributed by atoms with Gasteiger partial charge in [-0.3, -0.25) is 0 Å². The van der Waals surface area contributed by atoms with Gasteiger partial charge in [0.2, 0.25) is 0 Å². The Labute approximate surface area is 178 Å². The fourth-order valence-electron chi connectivity index (χ4n) is 2.00. The second-order valence-electron chi connectivity index (χ2n) is 5.15. The van der Waals surface area contributed by atoms with Crippen LogP contribution in [-0.4, -0.2) is 24.9 Å². The third-order valence-corrected chi connectivity index (χ3v) is 3.21. The Kier molecular flexibility index (Phi) is 10.6. The summed E-state index contributed by atoms with van der Waals surface area (Å²) < 4.78 is 0. The SMILES string of the molecule is C(=N/N=C/c1ccc(/C=N/N=C\c2ccccc2)[n-]1)/c1ccccc1.[Cl][Fe+][Cl]. The number of aromatic nitrogens is 1. The van der Waals surface area contributed by atoms with Crippen molar-refractivity contribution in [1.29, 1.82) is 0 Å². The van der Waals surface area contributed by atoms with E-state index in [4.69, 9.17) is 20.2 Å². The minimum atomic E-state index is 0.194. The van der Waals surface area contributed by atoms with Crippen LogP contribution in [-0.2, 0) is 13.1 Å². The second-order valence-corrected chi connectivity index (χ2v) is 6.97. The zero-order valence-corrected chi connectivity index (χ0v) is 17.2. The molecule has 0 saturated carbocycles. The standard InChI is InChI=1S/C20H16N5.2ClH.Fe/c1-3-7-17(8-4-1)13-21-23-15-19-11-12-20(25-19)16-24-22-14-18-9-5-2-6-10-18;;;/h1-16H;2*1H;/q-1;;;+3/p-2/b21-13-,22-14-,23-15+,24-16+;;;. The van der Waals surface area contributed by atoms with E-state index in [0.29, 0.717) is 0 Å². The number of halogens is 2. The number of hydrogen-bond donors (Lipinski definition) is 0. The molecule has 1 aromatic heterocycles. The van der Waals surface area contributed by atoms with Crippen LogP contribution in [0.5, 0.6) is 0 Å². The van der Waals surface area contributed by atoms with E-state index >= 15 is 0 Å². The van der Waals surface area contributed by atoms with Crippen LogP contribution in [0, 0.1) is 0 Å². The molecular weight excluding hydrogens is 437 g/mol. The summed E-state index contributed by atoms with van der Waals surface area (Å²) in [5, 5.41) is 16.0. The zero-order chi connectivity index (χ0) is 19.9. The first-order chi connectivity index (χ1) is 13.8. The van der Waals surface area contributed by atoms with E-state index in [1.807, 2.05) is 72.8 Å². The average Bonchev–Trinajstić information content (AvgIpc) is 3.19. The quantitative estimate of drug-likeness (QED) is 0.297. The maximum absolute atomic E-state index is 4.76. The van der Waals surface area contributed by atoms with Gasteiger partial charge < -0.3 is 4.98 Å². The Morgan fingerprint density at radius 2 is 0.929 bits per heavy atom. The van der Waals surface area contributed by atoms with Crippen LogP contribution in [0.4, 0.5) is 0 Å². The Bertz CT molecular complexity index is 848. The molecule has 1 heterocycles. The molecule has 143 valence electrons. The van der Waals surface area contributed by atoms with Crippen molar-refractivity contribution in [2.24, 2.45) is 20.4 Å². The Morgan fingerprint density at radius 1 is 0.571 bits per heavy atom. The van der Waals surface area contributed by atoms with Crippen molar-refractivity contribution in [2.75, 3.05) is 0 Å². The van der Waals surface area contributed by atoms with Crippen LogP contribution in [0.2, 0.25) is 0 Å². The van der Waals surface area contributed by atoms with E-state index in [2.05, 4.69) is 25.4 Å². The van der Waals surface area contributed by atoms with Crippen molar-refractivity contribution in [3.05, 3.63) is 95.3 Å². The fraction of sp³-hybridized carbons (Fsp3) is 0. The van der Waals surface area contributed by atoms with Gasteiger partial charge in [0.1, 0.15) is 0 Å². The molecule has 3 rings (SSSR count). The molecule has 2 aromatic carbocycles. The topological polar surface area (TPSA) is 63.5 Å². The van der Waals surface area contributed by atoms with Crippen molar-refractivity contribution in [3.8, 4) is 0 Å². The van der Waals surface area contributed by atoms with Crippen LogP contribution in [0.25, 0.3) is 0 Å². The molecule has 28 heavy (non-hydrogen) atoms. The van der Waals surface area contributed by atoms with Gasteiger partial charge in [0, 0.05) is 12.4 Å². The molecule has 0 amide bonds. The first-order valence-electron chi connectivity index (χ1n) is 8.03. The first kappa shape index (κ1) is 21.8. The molecule has 0 fully saturated rings. The fourth-order valence-corrected chi connectivity index (χ4v) is 2.00. The van der Waals surface area contributed by atoms with Gasteiger partial charge in [0.25, 0.3) is 0 Å². The van der Waals surface area contributed by atoms with Gasteiger partial charge in [-0.15, -0.1) is 11.4 Å². The number of rotatable bonds is 6. The summed E-state index contributed by atoms with van der Waals surface area (Å²) >= 11 is 0.194. The molecule has 0 radical (unpaired) electrons. The summed E-state index contributed by atoms with van der Waals surface area (Å²) in [5.74, 6) is 0. The summed E-state index contributed by atoms with van der Waals surface area (Å²) in [6.07, 6.45) is 6.59. The van der Waals surface area contributed by atoms with E-state index in [1.54, 1.807) is 24.9 Å². The molecule has 0 spiro atoms. The first-order valence-corrected chi connectivity index (χ1v) is 11.1. The summed E-state index contributed by atoms with van der Waals surface area (Å²) in [6.45, 7) is 0. The summed E-state index contributed by atoms with van der Waals surface area (Å²) in [5.41, 5.74) is 3.44. The van der Waals surface area contributed by atoms with Crippen LogP contribution >= 0.6 is 20.2 Å². The zero-order valence-electron chi connectivity index (χ0n) is 14.6. The molecule has 0 atom stereocenters. The third-order valence-electron chi connectivity index (χ3n) is 3.21. The van der Waals surface area contributed by atoms with Crippen LogP contribution in [0.15, 0.2) is 93.2 Å². The summed E-state index contributed by atoms with van der Waals surface area (Å²) in [4.78, 5) is 4.35. The van der Waals surface area contributed by atoms with Gasteiger partial charge in [-0.2, -0.15) is 20.4 Å². The van der Waals surface area contributed by atoms with Gasteiger partial charge in [0.05, 0.1) is 12.4 Å². The Hall–Kier alpha value is -2.50. The number of benzene rings is 2. The van der Waals surface area contributed by atoms with Crippen molar-refractivity contribution >= 4 is 45.1 Å². The normalized spacial score (nSPS) is 11.5. The third kappa shape index (κ3) is 8.93. The van der Waals surface area contributed by atoms with Gasteiger partial charge in [-0.1, -0.05) is 72.8 Å². The Morgan fingerprint density at radius 3 is 1.32 bits per heavy atom. The van der Waals surface area contributed by atoms with Gasteiger partial charge in [-0.05, 0) is 11.1 Å². The molecule has 5 nitrogen and oxygen atoms in total. The second kappa shape index (κ2) is 13.6. The predicted octanol–water partition coefficient (Wildman–Crippen LogP) is 4.93. The molecule has 3 aromatic rings. The monoisotopic (exact) mass is 452 g/mol. The van der Waals surface area contributed by atoms with E-state index in [1.165, 1.54) is 0 Å². The number of hydrogen-bond acceptors (Lipinski definition) is 4. The minimum absolute atomic E-state index is 0.194. The molecule has 0 aliphatic rings. The molecule has 0 aliphatic carbocycles. The van der Waals surface area contributed by atoms with Gasteiger partial charge in [0.15, 0.2) is 0 Å². The molecule has 0 aliphatic heterocycles. The predicted molar refractivity (Wildman–Crippen MR) is 115 cm³/mol. The van der Waals surface area contributed by atoms with Crippen molar-refractivity contribution in [2.45, 2.75) is 0 Å². The molecular formula is C20H16Cl2FeN5. The van der Waals surface area contributed by atoms with Crippen molar-refractivity contribution in [3.63, 3.8) is 0 Å². The van der Waals surface area contributed by atoms with Gasteiger partial charge in [-0.25, -0.2) is 0 Å². The Balaban J connectivity index is 0.000000878. The van der Waals surface area contributed by atoms with E-state index in [0.717, 1.165) is 22.5 Å². The van der Waals surface area contributed by atoms with E-state index < -0.39 is 0 Å². The van der Waals surface area contributed by atoms with E-state index in [-0.39, 0.29) is 13.1 Å². The molecule has 0 unspecified atom stereocenters. The molecule has 0 bridgehead atoms. The number of nitrogens with zero attached hydrogens (tertiary/aromatic N) is 5. The van der Waals surface area contributed by atoms with Crippen molar-refractivity contribution in [1.82, 2.24) is 4.98 Å². The molecule has 8 heteroatoms. The molecule has 0 N–H and O–H groups in total. The van der Waals surface area contributed by atoms with Crippen LogP contribution < -0.4 is 4.98 Å². The summed E-state index contributed by atoms with van der Waals surface area (Å²) in [7, 11) is 9.53. The van der Waals surface area contributed by atoms with Gasteiger partial charge >= 0.3 is 33.3 Å². The summed E-state index contributed by atoms with van der Waals surface area (Å²) in [6, 6.07) is 23.3. The van der Waals surface area contributed by atoms with Crippen LogP contribution in [0.3, 0.4) is 0 Å². The van der Waals surface area contributed by atoms with Crippen LogP contribution in [0.1, 0.15) is 22.5 Å².